The van der Waals surface area contributed by atoms with E-state index in [2.05, 4.69) is 100 Å². The number of allylic oxidation sites excluding steroid dienone is 2. The van der Waals surface area contributed by atoms with Gasteiger partial charge in [-0.05, 0) is 224 Å². The average Bonchev–Trinajstić information content (AvgIpc) is 1.38. The lowest BCUT2D eigenvalue weighted by Crippen LogP contribution is -2.47. The molecule has 0 N–H and O–H groups in total. The van der Waals surface area contributed by atoms with Crippen molar-refractivity contribution in [3.63, 3.8) is 0 Å². The molecule has 4 heterocycles. The minimum atomic E-state index is -0.697. The minimum absolute atomic E-state index is 0.0252. The number of hydrogen-bond acceptors (Lipinski definition) is 14. The number of rotatable bonds is 21. The molecule has 8 aromatic carbocycles. The lowest BCUT2D eigenvalue weighted by molar-refractivity contribution is 0.0344. The Hall–Kier alpha value is -9.76. The van der Waals surface area contributed by atoms with E-state index < -0.39 is 11.0 Å². The largest absolute Gasteiger partial charge is 0.488 e. The molecule has 0 radical (unpaired) electrons. The zero-order valence-corrected chi connectivity index (χ0v) is 56.7. The Morgan fingerprint density at radius 3 is 1.12 bits per heavy atom. The summed E-state index contributed by atoms with van der Waals surface area (Å²) < 4.78 is 63.5. The van der Waals surface area contributed by atoms with E-state index >= 15 is 0 Å². The molecular weight excluding hydrogens is 1180 g/mol. The van der Waals surface area contributed by atoms with E-state index in [0.717, 1.165) is 61.6 Å². The lowest BCUT2D eigenvalue weighted by Gasteiger charge is -2.42. The molecule has 10 aromatic rings. The number of epoxide rings is 2. The fourth-order valence-corrected chi connectivity index (χ4v) is 10.8. The Bertz CT molecular complexity index is 4320. The maximum Gasteiger partial charge on any atom is 0.248 e. The number of ether oxygens (including phenoxy) is 8. The molecular formula is C80H84N4O10. The van der Waals surface area contributed by atoms with E-state index in [-0.39, 0.29) is 35.4 Å². The maximum absolute atomic E-state index is 7.04. The van der Waals surface area contributed by atoms with Crippen LogP contribution in [0.15, 0.2) is 191 Å². The molecule has 94 heavy (non-hydrogen) atoms. The number of hydrogen-bond donors (Lipinski definition) is 0. The van der Waals surface area contributed by atoms with Crippen LogP contribution in [0.3, 0.4) is 0 Å². The van der Waals surface area contributed by atoms with Crippen LogP contribution >= 0.6 is 0 Å². The molecule has 4 atom stereocenters. The van der Waals surface area contributed by atoms with E-state index in [1.165, 1.54) is 5.56 Å². The van der Waals surface area contributed by atoms with Crippen molar-refractivity contribution in [2.45, 2.75) is 157 Å². The van der Waals surface area contributed by atoms with Crippen molar-refractivity contribution >= 4 is 12.2 Å². The summed E-state index contributed by atoms with van der Waals surface area (Å²) in [6.07, 6.45) is 7.74. The van der Waals surface area contributed by atoms with Crippen molar-refractivity contribution in [3.05, 3.63) is 215 Å². The van der Waals surface area contributed by atoms with Crippen molar-refractivity contribution in [2.75, 3.05) is 0 Å². The molecule has 14 heteroatoms. The van der Waals surface area contributed by atoms with Gasteiger partial charge in [0.05, 0.1) is 12.2 Å². The van der Waals surface area contributed by atoms with Gasteiger partial charge in [-0.15, -0.1) is 20.4 Å². The summed E-state index contributed by atoms with van der Waals surface area (Å²) in [6.45, 7) is 33.3. The van der Waals surface area contributed by atoms with Gasteiger partial charge in [0, 0.05) is 49.9 Å². The van der Waals surface area contributed by atoms with Gasteiger partial charge in [0.2, 0.25) is 23.6 Å². The Labute approximate surface area is 552 Å². The highest BCUT2D eigenvalue weighted by Crippen LogP contribution is 2.50. The van der Waals surface area contributed by atoms with Crippen molar-refractivity contribution in [2.24, 2.45) is 0 Å². The number of nitrogens with zero attached hydrogens (tertiary/aromatic N) is 4. The van der Waals surface area contributed by atoms with Crippen LogP contribution < -0.4 is 28.4 Å². The third-order valence-corrected chi connectivity index (χ3v) is 16.8. The van der Waals surface area contributed by atoms with Crippen LogP contribution in [0.1, 0.15) is 156 Å². The van der Waals surface area contributed by atoms with Crippen molar-refractivity contribution < 1.29 is 46.7 Å². The number of benzene rings is 8. The SMILES string of the molecule is C/C=C/c1cc(Oc2ccc(OC(C)(C)C)c(/C=C/C)c2)ccc1Oc1ccc(-c2nnc(-c3ccc(C(C)(C)C(C)(C)Oc4ccc(Oc5ccc(Oc6ccc(-c7nnc(-c8ccc(C(C)(C)C)cc8)o7)cc6)c(C6OC6C)c5)cc4C4OC4C)cc3)o2)cc1.CC. The maximum atomic E-state index is 7.04. The lowest BCUT2D eigenvalue weighted by atomic mass is 9.71. The predicted molar refractivity (Wildman–Crippen MR) is 371 cm³/mol. The monoisotopic (exact) mass is 1260 g/mol. The topological polar surface area (TPSA) is 158 Å². The highest BCUT2D eigenvalue weighted by Gasteiger charge is 2.44. The first-order chi connectivity index (χ1) is 45.0. The Morgan fingerprint density at radius 1 is 0.372 bits per heavy atom. The molecule has 0 bridgehead atoms. The first-order valence-corrected chi connectivity index (χ1v) is 32.3. The first-order valence-electron chi connectivity index (χ1n) is 32.3. The van der Waals surface area contributed by atoms with E-state index in [1.54, 1.807) is 0 Å². The zero-order valence-electron chi connectivity index (χ0n) is 56.7. The highest BCUT2D eigenvalue weighted by atomic mass is 16.6. The van der Waals surface area contributed by atoms with Crippen LogP contribution in [-0.4, -0.2) is 43.8 Å². The van der Waals surface area contributed by atoms with E-state index in [4.69, 9.17) is 46.7 Å². The molecule has 4 unspecified atom stereocenters. The van der Waals surface area contributed by atoms with Crippen molar-refractivity contribution in [3.8, 4) is 103 Å². The van der Waals surface area contributed by atoms with Crippen LogP contribution in [0.4, 0.5) is 0 Å². The quantitative estimate of drug-likeness (QED) is 0.0626. The summed E-state index contributed by atoms with van der Waals surface area (Å²) in [6, 6.07) is 55.0. The van der Waals surface area contributed by atoms with Gasteiger partial charge >= 0.3 is 0 Å². The smallest absolute Gasteiger partial charge is 0.248 e. The first kappa shape index (κ1) is 65.7. The van der Waals surface area contributed by atoms with Crippen molar-refractivity contribution in [1.82, 2.24) is 20.4 Å². The molecule has 2 aliphatic rings. The third-order valence-electron chi connectivity index (χ3n) is 16.8. The molecule has 0 amide bonds. The van der Waals surface area contributed by atoms with Gasteiger partial charge in [-0.3, -0.25) is 0 Å². The molecule has 0 spiro atoms. The molecule has 2 aliphatic heterocycles. The predicted octanol–water partition coefficient (Wildman–Crippen LogP) is 21.9. The van der Waals surface area contributed by atoms with Gasteiger partial charge < -0.3 is 46.7 Å². The molecule has 2 fully saturated rings. The Morgan fingerprint density at radius 2 is 0.713 bits per heavy atom. The van der Waals surface area contributed by atoms with E-state index in [1.807, 2.05) is 225 Å². The summed E-state index contributed by atoms with van der Waals surface area (Å²) in [5.74, 6) is 8.53. The normalized spacial score (nSPS) is 16.3. The van der Waals surface area contributed by atoms with Gasteiger partial charge in [-0.2, -0.15) is 0 Å². The Balaban J connectivity index is 0.00000446. The van der Waals surface area contributed by atoms with Crippen LogP contribution in [0, 0.1) is 0 Å². The van der Waals surface area contributed by atoms with Gasteiger partial charge in [-0.25, -0.2) is 0 Å². The minimum Gasteiger partial charge on any atom is -0.488 e. The van der Waals surface area contributed by atoms with Crippen LogP contribution in [0.25, 0.3) is 58.0 Å². The molecule has 14 nitrogen and oxygen atoms in total. The van der Waals surface area contributed by atoms with E-state index in [0.29, 0.717) is 69.6 Å². The van der Waals surface area contributed by atoms with E-state index in [9.17, 15) is 0 Å². The van der Waals surface area contributed by atoms with Gasteiger partial charge in [-0.1, -0.05) is 97.0 Å². The fraction of sp³-hybridized carbons (Fsp3) is 0.300. The van der Waals surface area contributed by atoms with Gasteiger partial charge in [0.25, 0.3) is 0 Å². The van der Waals surface area contributed by atoms with Crippen molar-refractivity contribution in [1.29, 1.82) is 0 Å². The second-order valence-electron chi connectivity index (χ2n) is 26.5. The Kier molecular flexibility index (Phi) is 18.9. The second-order valence-corrected chi connectivity index (χ2v) is 26.5. The third kappa shape index (κ3) is 15.2. The highest BCUT2D eigenvalue weighted by molar-refractivity contribution is 5.65. The molecule has 12 rings (SSSR count). The summed E-state index contributed by atoms with van der Waals surface area (Å²) in [5, 5.41) is 17.5. The molecule has 2 aromatic heterocycles. The fourth-order valence-electron chi connectivity index (χ4n) is 10.8. The molecule has 0 saturated carbocycles. The molecule has 484 valence electrons. The summed E-state index contributed by atoms with van der Waals surface area (Å²) in [7, 11) is 0. The van der Waals surface area contributed by atoms with Gasteiger partial charge in [0.1, 0.15) is 80.9 Å². The number of aromatic nitrogens is 4. The van der Waals surface area contributed by atoms with Crippen LogP contribution in [0.2, 0.25) is 0 Å². The van der Waals surface area contributed by atoms with Crippen LogP contribution in [0.5, 0.6) is 57.5 Å². The molecule has 0 aliphatic carbocycles. The summed E-state index contributed by atoms with van der Waals surface area (Å²) in [5.41, 5.74) is 7.66. The molecule has 2 saturated heterocycles. The van der Waals surface area contributed by atoms with Crippen LogP contribution in [-0.2, 0) is 20.3 Å². The summed E-state index contributed by atoms with van der Waals surface area (Å²) in [4.78, 5) is 0. The van der Waals surface area contributed by atoms with Gasteiger partial charge in [0.15, 0.2) is 0 Å². The zero-order chi connectivity index (χ0) is 66.7. The second kappa shape index (κ2) is 27.1. The summed E-state index contributed by atoms with van der Waals surface area (Å²) >= 11 is 0. The average molecular weight is 1260 g/mol. The standard InChI is InChI=1S/C78H78N4O10.C2H6/c1-15-17-53-43-59(85-60-36-40-66(91-76(8,9)10)54(44-60)18-16-2)35-39-65(53)87-57-31-23-51(24-32-57)73-82-80-72(90-73)50-21-29-56(30-22-50)77(11,12)78(13,14)92-68-42-38-62(46-64(68)70-48(4)84-70)86-61-37-41-67(63(45-61)69-47(3)83-69)88-58-33-25-52(26-34-58)74-81-79-71(89-74)49-19-27-55(28-20-49)75(5,6)7;1-2/h15-48,69-70H,1-14H3;1-2H3/b17-15+,18-16+;.